The van der Waals surface area contributed by atoms with Crippen molar-refractivity contribution in [3.05, 3.63) is 0 Å². The minimum Gasteiger partial charge on any atom is -0.350 e. The van der Waals surface area contributed by atoms with Crippen LogP contribution in [-0.2, 0) is 4.79 Å². The molecule has 18 heavy (non-hydrogen) atoms. The normalized spacial score (nSPS) is 25.9. The van der Waals surface area contributed by atoms with E-state index in [2.05, 4.69) is 55.9 Å². The molecule has 106 valence electrons. The van der Waals surface area contributed by atoms with E-state index in [1.54, 1.807) is 0 Å². The lowest BCUT2D eigenvalue weighted by molar-refractivity contribution is -0.127. The number of carbonyl (C=O) groups excluding carboxylic acids is 1. The zero-order valence-corrected chi connectivity index (χ0v) is 14.1. The number of alkyl halides is 1. The van der Waals surface area contributed by atoms with Crippen LogP contribution in [0.4, 0.5) is 0 Å². The topological polar surface area (TPSA) is 29.1 Å². The first-order valence-electron chi connectivity index (χ1n) is 7.04. The lowest BCUT2D eigenvalue weighted by Gasteiger charge is -2.37. The van der Waals surface area contributed by atoms with Gasteiger partial charge in [0, 0.05) is 16.8 Å². The second-order valence-corrected chi connectivity index (χ2v) is 7.98. The molecule has 0 heterocycles. The number of carbonyl (C=O) groups is 1. The van der Waals surface area contributed by atoms with Gasteiger partial charge in [-0.2, -0.15) is 0 Å². The standard InChI is InChI=1S/C15H28BrNO/c1-14(2,3)12-8-6-11(7-9-12)13(18)17-15(4,5)10-16/h11-12H,6-10H2,1-5H3,(H,17,18). The fraction of sp³-hybridized carbons (Fsp3) is 0.933. The van der Waals surface area contributed by atoms with Crippen LogP contribution in [0.2, 0.25) is 0 Å². The van der Waals surface area contributed by atoms with Gasteiger partial charge in [-0.25, -0.2) is 0 Å². The lowest BCUT2D eigenvalue weighted by Crippen LogP contribution is -2.48. The highest BCUT2D eigenvalue weighted by atomic mass is 79.9. The molecule has 0 aromatic carbocycles. The third-order valence-electron chi connectivity index (χ3n) is 4.12. The predicted molar refractivity (Wildman–Crippen MR) is 80.9 cm³/mol. The summed E-state index contributed by atoms with van der Waals surface area (Å²) in [7, 11) is 0. The maximum atomic E-state index is 12.2. The maximum absolute atomic E-state index is 12.2. The van der Waals surface area contributed by atoms with Crippen LogP contribution in [0.3, 0.4) is 0 Å². The van der Waals surface area contributed by atoms with E-state index in [0.29, 0.717) is 5.41 Å². The molecule has 0 unspecified atom stereocenters. The van der Waals surface area contributed by atoms with Crippen LogP contribution in [0.15, 0.2) is 0 Å². The number of rotatable bonds is 3. The number of hydrogen-bond donors (Lipinski definition) is 1. The number of halogens is 1. The summed E-state index contributed by atoms with van der Waals surface area (Å²) in [6, 6.07) is 0. The van der Waals surface area contributed by atoms with Gasteiger partial charge in [-0.3, -0.25) is 4.79 Å². The molecule has 1 aliphatic carbocycles. The van der Waals surface area contributed by atoms with Crippen molar-refractivity contribution < 1.29 is 4.79 Å². The Kier molecular flexibility index (Phi) is 5.28. The van der Waals surface area contributed by atoms with Gasteiger partial charge in [-0.05, 0) is 50.9 Å². The van der Waals surface area contributed by atoms with Gasteiger partial charge in [0.2, 0.25) is 5.91 Å². The van der Waals surface area contributed by atoms with E-state index in [1.807, 2.05) is 0 Å². The average molecular weight is 318 g/mol. The summed E-state index contributed by atoms with van der Waals surface area (Å²) in [4.78, 5) is 12.2. The second-order valence-electron chi connectivity index (χ2n) is 7.42. The Morgan fingerprint density at radius 3 is 2.00 bits per heavy atom. The van der Waals surface area contributed by atoms with Crippen molar-refractivity contribution in [2.75, 3.05) is 5.33 Å². The van der Waals surface area contributed by atoms with Gasteiger partial charge in [0.05, 0.1) is 0 Å². The smallest absolute Gasteiger partial charge is 0.223 e. The molecular weight excluding hydrogens is 290 g/mol. The van der Waals surface area contributed by atoms with Crippen LogP contribution in [0.5, 0.6) is 0 Å². The van der Waals surface area contributed by atoms with Gasteiger partial charge in [-0.15, -0.1) is 0 Å². The second kappa shape index (κ2) is 5.94. The van der Waals surface area contributed by atoms with Gasteiger partial charge in [0.1, 0.15) is 0 Å². The van der Waals surface area contributed by atoms with Crippen LogP contribution < -0.4 is 5.32 Å². The fourth-order valence-electron chi connectivity index (χ4n) is 2.69. The molecule has 1 amide bonds. The molecule has 0 aromatic heterocycles. The summed E-state index contributed by atoms with van der Waals surface area (Å²) in [6.07, 6.45) is 4.48. The van der Waals surface area contributed by atoms with Gasteiger partial charge < -0.3 is 5.32 Å². The number of nitrogens with one attached hydrogen (secondary N) is 1. The van der Waals surface area contributed by atoms with E-state index in [4.69, 9.17) is 0 Å². The van der Waals surface area contributed by atoms with E-state index in [-0.39, 0.29) is 17.4 Å². The Hall–Kier alpha value is -0.0500. The first kappa shape index (κ1) is 16.0. The number of amides is 1. The third kappa shape index (κ3) is 4.56. The van der Waals surface area contributed by atoms with Crippen molar-refractivity contribution in [2.45, 2.75) is 65.8 Å². The Labute approximate surface area is 120 Å². The zero-order chi connectivity index (χ0) is 14.0. The molecule has 0 atom stereocenters. The van der Waals surface area contributed by atoms with Gasteiger partial charge in [0.15, 0.2) is 0 Å². The zero-order valence-electron chi connectivity index (χ0n) is 12.5. The average Bonchev–Trinajstić information content (AvgIpc) is 2.27. The van der Waals surface area contributed by atoms with E-state index in [0.717, 1.165) is 24.1 Å². The van der Waals surface area contributed by atoms with Crippen molar-refractivity contribution in [3.8, 4) is 0 Å². The molecule has 0 radical (unpaired) electrons. The highest BCUT2D eigenvalue weighted by Gasteiger charge is 2.33. The first-order valence-corrected chi connectivity index (χ1v) is 8.16. The Bertz CT molecular complexity index is 285. The third-order valence-corrected chi connectivity index (χ3v) is 5.52. The summed E-state index contributed by atoms with van der Waals surface area (Å²) in [6.45, 7) is 11.0. The Balaban J connectivity index is 2.46. The van der Waals surface area contributed by atoms with Crippen LogP contribution in [0.1, 0.15) is 60.3 Å². The summed E-state index contributed by atoms with van der Waals surface area (Å²) >= 11 is 3.44. The highest BCUT2D eigenvalue weighted by Crippen LogP contribution is 2.39. The van der Waals surface area contributed by atoms with Crippen LogP contribution in [0.25, 0.3) is 0 Å². The van der Waals surface area contributed by atoms with E-state index in [1.165, 1.54) is 12.8 Å². The minimum absolute atomic E-state index is 0.141. The maximum Gasteiger partial charge on any atom is 0.223 e. The molecule has 1 rings (SSSR count). The molecule has 0 saturated heterocycles. The lowest BCUT2D eigenvalue weighted by atomic mass is 9.69. The summed E-state index contributed by atoms with van der Waals surface area (Å²) < 4.78 is 0. The van der Waals surface area contributed by atoms with Crippen molar-refractivity contribution >= 4 is 21.8 Å². The van der Waals surface area contributed by atoms with Crippen molar-refractivity contribution in [2.24, 2.45) is 17.3 Å². The fourth-order valence-corrected chi connectivity index (χ4v) is 2.83. The molecule has 2 nitrogen and oxygen atoms in total. The minimum atomic E-state index is -0.141. The molecule has 0 spiro atoms. The Morgan fingerprint density at radius 1 is 1.11 bits per heavy atom. The largest absolute Gasteiger partial charge is 0.350 e. The molecule has 0 aromatic rings. The van der Waals surface area contributed by atoms with E-state index in [9.17, 15) is 4.79 Å². The molecule has 3 heteroatoms. The summed E-state index contributed by atoms with van der Waals surface area (Å²) in [5.41, 5.74) is 0.245. The van der Waals surface area contributed by atoms with E-state index < -0.39 is 0 Å². The van der Waals surface area contributed by atoms with Crippen LogP contribution in [-0.4, -0.2) is 16.8 Å². The summed E-state index contributed by atoms with van der Waals surface area (Å²) in [5, 5.41) is 3.94. The Morgan fingerprint density at radius 2 is 1.61 bits per heavy atom. The van der Waals surface area contributed by atoms with Crippen molar-refractivity contribution in [1.82, 2.24) is 5.32 Å². The van der Waals surface area contributed by atoms with Crippen LogP contribution >= 0.6 is 15.9 Å². The quantitative estimate of drug-likeness (QED) is 0.779. The molecule has 0 bridgehead atoms. The monoisotopic (exact) mass is 317 g/mol. The highest BCUT2D eigenvalue weighted by molar-refractivity contribution is 9.09. The van der Waals surface area contributed by atoms with E-state index >= 15 is 0 Å². The molecular formula is C15H28BrNO. The van der Waals surface area contributed by atoms with Gasteiger partial charge in [-0.1, -0.05) is 36.7 Å². The van der Waals surface area contributed by atoms with Gasteiger partial charge >= 0.3 is 0 Å². The predicted octanol–water partition coefficient (Wildman–Crippen LogP) is 4.13. The van der Waals surface area contributed by atoms with Crippen molar-refractivity contribution in [1.29, 1.82) is 0 Å². The first-order chi connectivity index (χ1) is 8.15. The van der Waals surface area contributed by atoms with Gasteiger partial charge in [0.25, 0.3) is 0 Å². The van der Waals surface area contributed by atoms with Crippen molar-refractivity contribution in [3.63, 3.8) is 0 Å². The van der Waals surface area contributed by atoms with Crippen LogP contribution in [0, 0.1) is 17.3 Å². The molecule has 1 aliphatic rings. The molecule has 1 saturated carbocycles. The molecule has 0 aliphatic heterocycles. The summed E-state index contributed by atoms with van der Waals surface area (Å²) in [5.74, 6) is 1.24. The molecule has 1 fully saturated rings. The number of hydrogen-bond acceptors (Lipinski definition) is 1. The molecule has 1 N–H and O–H groups in total. The SMILES string of the molecule is CC(C)(CBr)NC(=O)C1CCC(C(C)(C)C)CC1.